The minimum atomic E-state index is -2.28. The third-order valence-corrected chi connectivity index (χ3v) is 4.02. The predicted octanol–water partition coefficient (Wildman–Crippen LogP) is 1.57. The van der Waals surface area contributed by atoms with Crippen molar-refractivity contribution < 1.29 is 29.6 Å². The molecule has 0 fully saturated rings. The lowest BCUT2D eigenvalue weighted by Gasteiger charge is -2.34. The van der Waals surface area contributed by atoms with E-state index >= 15 is 0 Å². The van der Waals surface area contributed by atoms with Gasteiger partial charge in [0.2, 0.25) is 5.78 Å². The zero-order chi connectivity index (χ0) is 16.8. The maximum Gasteiger partial charge on any atom is 0.295 e. The Morgan fingerprint density at radius 1 is 1.17 bits per heavy atom. The number of carbonyl (C=O) groups excluding carboxylic acids is 2. The van der Waals surface area contributed by atoms with E-state index in [2.05, 4.69) is 0 Å². The number of hydrogen-bond acceptors (Lipinski definition) is 6. The third kappa shape index (κ3) is 2.07. The Bertz CT molecular complexity index is 812. The molecule has 1 aliphatic heterocycles. The van der Waals surface area contributed by atoms with E-state index in [9.17, 15) is 24.9 Å². The number of carbonyl (C=O) groups is 2. The Hall–Kier alpha value is -2.86. The summed E-state index contributed by atoms with van der Waals surface area (Å²) in [6.07, 6.45) is 0.0380. The predicted molar refractivity (Wildman–Crippen MR) is 79.6 cm³/mol. The van der Waals surface area contributed by atoms with E-state index in [0.717, 1.165) is 0 Å². The van der Waals surface area contributed by atoms with Gasteiger partial charge < -0.3 is 20.1 Å². The van der Waals surface area contributed by atoms with Crippen molar-refractivity contribution in [2.24, 2.45) is 0 Å². The summed E-state index contributed by atoms with van der Waals surface area (Å²) in [6, 6.07) is 8.00. The minimum absolute atomic E-state index is 0.0763. The minimum Gasteiger partial charge on any atom is -0.507 e. The molecule has 2 aromatic carbocycles. The van der Waals surface area contributed by atoms with Gasteiger partial charge in [-0.15, -0.1) is 0 Å². The van der Waals surface area contributed by atoms with Gasteiger partial charge in [0.1, 0.15) is 17.2 Å². The first-order valence-electron chi connectivity index (χ1n) is 6.93. The molecule has 0 spiro atoms. The van der Waals surface area contributed by atoms with Gasteiger partial charge in [0.15, 0.2) is 6.29 Å². The van der Waals surface area contributed by atoms with Crippen LogP contribution in [-0.4, -0.2) is 27.4 Å². The maximum atomic E-state index is 12.4. The van der Waals surface area contributed by atoms with Gasteiger partial charge in [0.25, 0.3) is 5.79 Å². The molecule has 2 aromatic rings. The van der Waals surface area contributed by atoms with Crippen LogP contribution >= 0.6 is 0 Å². The molecular formula is C17H14O6. The van der Waals surface area contributed by atoms with Crippen molar-refractivity contribution in [3.8, 4) is 17.2 Å². The number of rotatable bonds is 2. The number of ether oxygens (including phenoxy) is 1. The number of fused-ring (bicyclic) bond motifs is 1. The normalized spacial score (nSPS) is 19.8. The Balaban J connectivity index is 2.24. The first kappa shape index (κ1) is 15.1. The number of ketones is 1. The first-order valence-corrected chi connectivity index (χ1v) is 6.93. The molecular weight excluding hydrogens is 300 g/mol. The molecule has 23 heavy (non-hydrogen) atoms. The van der Waals surface area contributed by atoms with Gasteiger partial charge in [-0.05, 0) is 6.92 Å². The average molecular weight is 314 g/mol. The summed E-state index contributed by atoms with van der Waals surface area (Å²) in [4.78, 5) is 23.7. The highest BCUT2D eigenvalue weighted by Crippen LogP contribution is 2.47. The largest absolute Gasteiger partial charge is 0.507 e. The summed E-state index contributed by atoms with van der Waals surface area (Å²) in [6.45, 7) is 1.42. The highest BCUT2D eigenvalue weighted by Gasteiger charge is 2.46. The quantitative estimate of drug-likeness (QED) is 0.727. The Kier molecular flexibility index (Phi) is 3.34. The Labute approximate surface area is 131 Å². The van der Waals surface area contributed by atoms with Crippen LogP contribution in [0.15, 0.2) is 30.3 Å². The average Bonchev–Trinajstić information content (AvgIpc) is 2.56. The summed E-state index contributed by atoms with van der Waals surface area (Å²) in [7, 11) is 0. The smallest absolute Gasteiger partial charge is 0.295 e. The lowest BCUT2D eigenvalue weighted by atomic mass is 9.89. The van der Waals surface area contributed by atoms with Gasteiger partial charge in [-0.1, -0.05) is 30.3 Å². The lowest BCUT2D eigenvalue weighted by molar-refractivity contribution is -0.179. The van der Waals surface area contributed by atoms with Crippen molar-refractivity contribution in [2.75, 3.05) is 0 Å². The lowest BCUT2D eigenvalue weighted by Crippen LogP contribution is -2.45. The van der Waals surface area contributed by atoms with Crippen LogP contribution in [0.1, 0.15) is 27.0 Å². The van der Waals surface area contributed by atoms with Gasteiger partial charge in [-0.25, -0.2) is 0 Å². The zero-order valence-corrected chi connectivity index (χ0v) is 12.2. The second-order valence-electron chi connectivity index (χ2n) is 5.37. The molecule has 1 atom stereocenters. The van der Waals surface area contributed by atoms with Crippen molar-refractivity contribution >= 4 is 12.1 Å². The van der Waals surface area contributed by atoms with Gasteiger partial charge in [0.05, 0.1) is 5.56 Å². The maximum absolute atomic E-state index is 12.4. The molecule has 6 heteroatoms. The van der Waals surface area contributed by atoms with Crippen LogP contribution in [0, 0.1) is 6.92 Å². The van der Waals surface area contributed by atoms with E-state index in [1.807, 2.05) is 0 Å². The molecule has 1 unspecified atom stereocenters. The van der Waals surface area contributed by atoms with Crippen LogP contribution < -0.4 is 4.74 Å². The molecule has 118 valence electrons. The van der Waals surface area contributed by atoms with Crippen LogP contribution in [0.4, 0.5) is 0 Å². The van der Waals surface area contributed by atoms with Crippen LogP contribution in [0.2, 0.25) is 0 Å². The fraction of sp³-hybridized carbons (Fsp3) is 0.176. The van der Waals surface area contributed by atoms with Crippen molar-refractivity contribution in [3.63, 3.8) is 0 Å². The van der Waals surface area contributed by atoms with E-state index in [4.69, 9.17) is 4.74 Å². The van der Waals surface area contributed by atoms with Gasteiger partial charge >= 0.3 is 0 Å². The number of hydrogen-bond donors (Lipinski definition) is 3. The van der Waals surface area contributed by atoms with Crippen LogP contribution in [0.25, 0.3) is 0 Å². The molecule has 0 radical (unpaired) electrons. The molecule has 0 aromatic heterocycles. The van der Waals surface area contributed by atoms with Crippen LogP contribution in [-0.2, 0) is 17.0 Å². The summed E-state index contributed by atoms with van der Waals surface area (Å²) < 4.78 is 5.41. The Morgan fingerprint density at radius 3 is 2.43 bits per heavy atom. The topological polar surface area (TPSA) is 104 Å². The Morgan fingerprint density at radius 2 is 1.83 bits per heavy atom. The third-order valence-electron chi connectivity index (χ3n) is 4.02. The first-order chi connectivity index (χ1) is 10.9. The van der Waals surface area contributed by atoms with Crippen molar-refractivity contribution in [1.29, 1.82) is 0 Å². The highest BCUT2D eigenvalue weighted by molar-refractivity contribution is 5.95. The number of benzene rings is 2. The molecule has 6 nitrogen and oxygen atoms in total. The van der Waals surface area contributed by atoms with Crippen molar-refractivity contribution in [2.45, 2.75) is 19.1 Å². The monoisotopic (exact) mass is 314 g/mol. The van der Waals surface area contributed by atoms with Crippen molar-refractivity contribution in [3.05, 3.63) is 52.6 Å². The van der Waals surface area contributed by atoms with Crippen LogP contribution in [0.3, 0.4) is 0 Å². The second kappa shape index (κ2) is 5.10. The molecule has 1 aliphatic rings. The number of aromatic hydroxyl groups is 2. The number of phenols is 2. The fourth-order valence-corrected chi connectivity index (χ4v) is 2.68. The van der Waals surface area contributed by atoms with E-state index in [-0.39, 0.29) is 40.2 Å². The van der Waals surface area contributed by atoms with Gasteiger partial charge in [-0.2, -0.15) is 0 Å². The summed E-state index contributed by atoms with van der Waals surface area (Å²) in [5.41, 5.74) is 0.143. The number of phenolic OH excluding ortho intramolecular Hbond substituents is 2. The van der Waals surface area contributed by atoms with Gasteiger partial charge in [0, 0.05) is 23.1 Å². The molecule has 0 bridgehead atoms. The fourth-order valence-electron chi connectivity index (χ4n) is 2.68. The highest BCUT2D eigenvalue weighted by atomic mass is 16.6. The van der Waals surface area contributed by atoms with E-state index in [1.54, 1.807) is 18.2 Å². The summed E-state index contributed by atoms with van der Waals surface area (Å²) in [5, 5.41) is 30.8. The summed E-state index contributed by atoms with van der Waals surface area (Å²) in [5.74, 6) is -3.91. The van der Waals surface area contributed by atoms with E-state index in [1.165, 1.54) is 19.1 Å². The molecule has 3 rings (SSSR count). The van der Waals surface area contributed by atoms with Crippen molar-refractivity contribution in [1.82, 2.24) is 0 Å². The second-order valence-corrected chi connectivity index (χ2v) is 5.37. The molecule has 0 amide bonds. The summed E-state index contributed by atoms with van der Waals surface area (Å²) >= 11 is 0. The van der Waals surface area contributed by atoms with Crippen LogP contribution in [0.5, 0.6) is 17.2 Å². The molecule has 0 saturated heterocycles. The standard InChI is InChI=1S/C17H14O6/c1-9-14(20)11-7-13(19)17(22,10-5-3-2-4-6-10)23-16(11)12(8-18)15(9)21/h2-6,8,20-22H,7H2,1H3. The molecule has 0 aliphatic carbocycles. The van der Waals surface area contributed by atoms with E-state index < -0.39 is 17.3 Å². The molecule has 1 heterocycles. The number of Topliss-reactive ketones (excluding diaryl/α,β-unsaturated/α-hetero) is 1. The zero-order valence-electron chi connectivity index (χ0n) is 12.2. The molecule has 3 N–H and O–H groups in total. The number of aldehydes is 1. The van der Waals surface area contributed by atoms with Gasteiger partial charge in [-0.3, -0.25) is 9.59 Å². The van der Waals surface area contributed by atoms with E-state index in [0.29, 0.717) is 6.29 Å². The molecule has 0 saturated carbocycles. The number of aliphatic hydroxyl groups is 1. The SMILES string of the molecule is Cc1c(O)c(C=O)c2c(c1O)CC(=O)C(O)(c1ccccc1)O2.